The Hall–Kier alpha value is -12.5. The summed E-state index contributed by atoms with van der Waals surface area (Å²) in [5, 5.41) is 14.6. The number of Topliss-reactive ketones (excluding diaryl/α,β-unsaturated/α-hetero) is 1. The third kappa shape index (κ3) is 18.2. The molecule has 9 N–H and O–H groups in total. The zero-order valence-electron chi connectivity index (χ0n) is 69.4. The number of anilines is 8. The Bertz CT molecular complexity index is 5120. The van der Waals surface area contributed by atoms with E-state index in [1.54, 1.807) is 52.5 Å². The van der Waals surface area contributed by atoms with Gasteiger partial charge in [0.05, 0.1) is 53.3 Å². The Morgan fingerprint density at radius 2 is 0.976 bits per heavy atom. The lowest BCUT2D eigenvalue weighted by Gasteiger charge is -2.39. The number of benzene rings is 4. The third-order valence-electron chi connectivity index (χ3n) is 26.3. The van der Waals surface area contributed by atoms with Gasteiger partial charge >= 0.3 is 12.1 Å². The van der Waals surface area contributed by atoms with Gasteiger partial charge in [-0.15, -0.1) is 0 Å². The molecule has 10 saturated heterocycles. The van der Waals surface area contributed by atoms with E-state index in [4.69, 9.17) is 21.4 Å². The zero-order chi connectivity index (χ0) is 85.9. The van der Waals surface area contributed by atoms with Crippen molar-refractivity contribution in [1.29, 1.82) is 0 Å². The highest BCUT2D eigenvalue weighted by Gasteiger charge is 2.48. The lowest BCUT2D eigenvalue weighted by molar-refractivity contribution is -0.136. The molecule has 2 aromatic heterocycles. The molecular weight excluding hydrogens is 1570 g/mol. The van der Waals surface area contributed by atoms with Gasteiger partial charge in [-0.05, 0) is 199 Å². The van der Waals surface area contributed by atoms with Crippen molar-refractivity contribution in [3.05, 3.63) is 142 Å². The molecule has 123 heavy (non-hydrogen) atoms. The fourth-order valence-electron chi connectivity index (χ4n) is 19.4. The number of urea groups is 2. The molecule has 4 aromatic carbocycles. The van der Waals surface area contributed by atoms with Gasteiger partial charge in [0.1, 0.15) is 30.0 Å². The minimum Gasteiger partial charge on any atom is -0.371 e. The predicted octanol–water partition coefficient (Wildman–Crippen LogP) is 5.43. The van der Waals surface area contributed by atoms with E-state index in [9.17, 15) is 62.3 Å². The molecule has 18 rings (SSSR count). The van der Waals surface area contributed by atoms with Crippen LogP contribution >= 0.6 is 0 Å². The number of aromatic nitrogens is 4. The number of primary amides is 2. The highest BCUT2D eigenvalue weighted by molar-refractivity contribution is 6.25. The Labute approximate surface area is 712 Å². The number of piperidine rings is 8. The number of hydrogen-bond acceptors (Lipinski definition) is 25. The van der Waals surface area contributed by atoms with Crippen LogP contribution in [0.5, 0.6) is 0 Å². The summed E-state index contributed by atoms with van der Waals surface area (Å²) in [5.74, 6) is -1.69. The first kappa shape index (κ1) is 84.1. The first-order valence-corrected chi connectivity index (χ1v) is 43.2. The lowest BCUT2D eigenvalue weighted by Crippen LogP contribution is -2.55. The fourth-order valence-corrected chi connectivity index (χ4v) is 19.4. The molecule has 0 bridgehead atoms. The van der Waals surface area contributed by atoms with Crippen molar-refractivity contribution in [3.8, 4) is 0 Å². The van der Waals surface area contributed by atoms with Crippen LogP contribution in [0.4, 0.5) is 55.6 Å². The molecule has 6 atom stereocenters. The highest BCUT2D eigenvalue weighted by atomic mass is 16.2. The number of nitrogens with two attached hydrogens (primary N) is 2. The van der Waals surface area contributed by atoms with Crippen LogP contribution in [0.3, 0.4) is 0 Å². The van der Waals surface area contributed by atoms with E-state index in [2.05, 4.69) is 80.4 Å². The van der Waals surface area contributed by atoms with E-state index in [1.807, 2.05) is 59.1 Å². The number of amides is 13. The van der Waals surface area contributed by atoms with Gasteiger partial charge in [0.25, 0.3) is 35.4 Å². The van der Waals surface area contributed by atoms with Gasteiger partial charge in [0, 0.05) is 141 Å². The van der Waals surface area contributed by atoms with Gasteiger partial charge in [-0.1, -0.05) is 24.3 Å². The minimum absolute atomic E-state index is 0.0377. The molecule has 646 valence electrons. The van der Waals surface area contributed by atoms with Crippen LogP contribution in [0.25, 0.3) is 0 Å². The molecule has 0 spiro atoms. The van der Waals surface area contributed by atoms with E-state index >= 15 is 0 Å². The Morgan fingerprint density at radius 3 is 1.47 bits per heavy atom. The maximum absolute atomic E-state index is 13.4. The van der Waals surface area contributed by atoms with Crippen LogP contribution in [-0.4, -0.2) is 288 Å². The Balaban J connectivity index is 0.000000152. The van der Waals surface area contributed by atoms with E-state index in [1.165, 1.54) is 11.1 Å². The molecule has 13 amide bonds. The second-order valence-corrected chi connectivity index (χ2v) is 34.3. The van der Waals surface area contributed by atoms with Gasteiger partial charge in [0.15, 0.2) is 28.8 Å². The molecule has 0 aliphatic carbocycles. The topological polar surface area (TPSA) is 421 Å². The number of carbonyl (C=O) groups is 13. The largest absolute Gasteiger partial charge is 0.371 e. The van der Waals surface area contributed by atoms with Crippen LogP contribution in [-0.2, 0) is 24.0 Å². The number of nitrogens with zero attached hydrogens (tertiary/aromatic N) is 15. The van der Waals surface area contributed by atoms with Crippen LogP contribution < -0.4 is 57.7 Å². The number of likely N-dealkylation sites (N-methyl/N-ethyl adjacent to an activating group) is 2. The Kier molecular flexibility index (Phi) is 25.1. The van der Waals surface area contributed by atoms with Gasteiger partial charge in [-0.3, -0.25) is 63.1 Å². The summed E-state index contributed by atoms with van der Waals surface area (Å²) in [5.41, 5.74) is 18.5. The second kappa shape index (κ2) is 36.6. The molecule has 14 heterocycles. The first-order chi connectivity index (χ1) is 59.5. The molecule has 2 unspecified atom stereocenters. The van der Waals surface area contributed by atoms with Crippen LogP contribution in [0.15, 0.2) is 97.3 Å². The normalized spacial score (nSPS) is 23.7. The summed E-state index contributed by atoms with van der Waals surface area (Å²) in [4.78, 5) is 200. The average Bonchev–Trinajstić information content (AvgIpc) is 1.61. The summed E-state index contributed by atoms with van der Waals surface area (Å²) in [6, 6.07) is 25.3. The number of fused-ring (bicyclic) bond motifs is 2. The molecule has 35 nitrogen and oxygen atoms in total. The third-order valence-corrected chi connectivity index (χ3v) is 26.3. The van der Waals surface area contributed by atoms with Gasteiger partial charge in [-0.2, -0.15) is 0 Å². The van der Waals surface area contributed by atoms with E-state index in [0.717, 1.165) is 201 Å². The maximum atomic E-state index is 13.4. The summed E-state index contributed by atoms with van der Waals surface area (Å²) < 4.78 is 0. The summed E-state index contributed by atoms with van der Waals surface area (Å²) >= 11 is 0. The molecule has 0 radical (unpaired) electrons. The van der Waals surface area contributed by atoms with Crippen molar-refractivity contribution in [2.24, 2.45) is 23.3 Å². The number of ketones is 1. The van der Waals surface area contributed by atoms with E-state index < -0.39 is 65.2 Å². The smallest absolute Gasteiger partial charge is 0.320 e. The quantitative estimate of drug-likeness (QED) is 0.0392. The number of likely N-dealkylation sites (tertiary alicyclic amines) is 1. The van der Waals surface area contributed by atoms with Crippen molar-refractivity contribution in [1.82, 2.24) is 70.2 Å². The zero-order valence-corrected chi connectivity index (χ0v) is 69.4. The average molecular weight is 1680 g/mol. The van der Waals surface area contributed by atoms with Crippen molar-refractivity contribution in [2.45, 2.75) is 132 Å². The van der Waals surface area contributed by atoms with E-state index in [0.29, 0.717) is 67.2 Å². The number of aldehydes is 1. The minimum atomic E-state index is -1.11. The van der Waals surface area contributed by atoms with E-state index in [-0.39, 0.29) is 95.3 Å². The van der Waals surface area contributed by atoms with Crippen molar-refractivity contribution < 1.29 is 62.3 Å². The SMILES string of the molecule is CN1CCN([C@@H]2CCCN(c3cnc(C(N)=O)c(Nc4ccc(C5CCN(C[C@@H]6CCCN(c7ccc8c(c7)C(=O)N(C7CC(=O)CNC7=O)C8=O)C6)CC5)cc4)n3)C2)C1=O.CN1CCN([C@@H]2CCCN(c3cnc(C(N)=O)c(Nc4ccc(C5CCNCC5)cc4)n3)C2)C1=O.O=C[C@@H]1CCCN(c2ccc3c(c2)C(=O)N(C2CCC(=O)NC2=O)C3=O)C1. The van der Waals surface area contributed by atoms with Crippen LogP contribution in [0.2, 0.25) is 0 Å². The first-order valence-electron chi connectivity index (χ1n) is 43.2. The summed E-state index contributed by atoms with van der Waals surface area (Å²) in [7, 11) is 3.67. The van der Waals surface area contributed by atoms with Crippen molar-refractivity contribution in [3.63, 3.8) is 0 Å². The molecule has 35 heteroatoms. The number of hydrogen-bond donors (Lipinski definition) is 7. The van der Waals surface area contributed by atoms with Crippen LogP contribution in [0.1, 0.15) is 182 Å². The maximum Gasteiger partial charge on any atom is 0.320 e. The van der Waals surface area contributed by atoms with Crippen LogP contribution in [0, 0.1) is 11.8 Å². The summed E-state index contributed by atoms with van der Waals surface area (Å²) in [6.45, 7) is 14.0. The molecule has 6 aromatic rings. The number of rotatable bonds is 19. The Morgan fingerprint density at radius 1 is 0.496 bits per heavy atom. The molecule has 10 fully saturated rings. The van der Waals surface area contributed by atoms with Gasteiger partial charge in [-0.25, -0.2) is 29.5 Å². The van der Waals surface area contributed by atoms with Gasteiger partial charge < -0.3 is 81.6 Å². The monoisotopic (exact) mass is 1680 g/mol. The fraction of sp³-hybridized carbons (Fsp3) is 0.489. The number of nitrogens with one attached hydrogen (secondary N) is 5. The molecule has 12 aliphatic rings. The number of imide groups is 3. The molecular formula is C88H106N22O13. The molecule has 0 saturated carbocycles. The van der Waals surface area contributed by atoms with Gasteiger partial charge in [0.2, 0.25) is 17.7 Å². The molecule has 12 aliphatic heterocycles. The standard InChI is InChI=1S/C44H53N11O6.C25H34N8O2.C19H19N3O5/c1-50-18-19-54(44(50)61)32-5-3-15-53(26-32)37-23-46-38(39(45)57)40(49-37)48-30-8-6-28(7-9-30)29-12-16-51(17-13-29)24-27-4-2-14-52(25-27)31-10-11-34-35(20-31)43(60)55(42(34)59)36-21-33(56)22-47-41(36)58;1-31-13-14-33(25(31)35)20-3-2-12-32(16-20)21-15-28-22(23(26)34)24(30-21)29-19-6-4-17(5-7-19)18-8-10-27-11-9-18;23-10-11-2-1-7-21(9-11)12-3-4-13-14(8-12)19(27)22(18(13)26)15-5-6-16(24)20-17(15)25/h6-11,20,23,27,29,32,36H,2-5,12-19,21-22,24-26H2,1H3,(H2,45,57)(H,47,58)(H,48,49);4-7,15,18,20,27H,2-3,8-14,16H2,1H3,(H2,26,34)(H,29,30);3-4,8,10-11,15H,1-2,5-7,9H2,(H,20,24,25)/t27-,32+,36?;20-;11-,15?/m011/s1. The number of carbonyl (C=O) groups excluding carboxylic acids is 13. The lowest BCUT2D eigenvalue weighted by atomic mass is 9.88. The van der Waals surface area contributed by atoms with Crippen molar-refractivity contribution in [2.75, 3.05) is 162 Å². The second-order valence-electron chi connectivity index (χ2n) is 34.3. The summed E-state index contributed by atoms with van der Waals surface area (Å²) in [6.07, 6.45) is 16.2. The predicted molar refractivity (Wildman–Crippen MR) is 456 cm³/mol. The highest BCUT2D eigenvalue weighted by Crippen LogP contribution is 2.38. The van der Waals surface area contributed by atoms with Crippen molar-refractivity contribution >= 4 is 123 Å².